The quantitative estimate of drug-likeness (QED) is 0.598. The molecular formula is C10H23N3O2. The first-order valence-electron chi connectivity index (χ1n) is 5.19. The van der Waals surface area contributed by atoms with Gasteiger partial charge in [0.2, 0.25) is 0 Å². The third-order valence-corrected chi connectivity index (χ3v) is 2.19. The van der Waals surface area contributed by atoms with E-state index < -0.39 is 6.10 Å². The SMILES string of the molecule is COC(CN)C(=O)NC(C)CCN(C)C. The highest BCUT2D eigenvalue weighted by Gasteiger charge is 2.17. The number of hydrogen-bond donors (Lipinski definition) is 2. The van der Waals surface area contributed by atoms with Gasteiger partial charge in [0.1, 0.15) is 6.10 Å². The molecule has 3 N–H and O–H groups in total. The van der Waals surface area contributed by atoms with Crippen LogP contribution in [0.3, 0.4) is 0 Å². The minimum absolute atomic E-state index is 0.133. The van der Waals surface area contributed by atoms with Crippen molar-refractivity contribution in [1.82, 2.24) is 10.2 Å². The number of hydrogen-bond acceptors (Lipinski definition) is 4. The lowest BCUT2D eigenvalue weighted by molar-refractivity contribution is -0.131. The zero-order chi connectivity index (χ0) is 11.8. The molecule has 15 heavy (non-hydrogen) atoms. The number of nitrogens with zero attached hydrogens (tertiary/aromatic N) is 1. The number of ether oxygens (including phenoxy) is 1. The van der Waals surface area contributed by atoms with Crippen LogP contribution in [-0.4, -0.2) is 57.2 Å². The molecule has 1 amide bonds. The number of methoxy groups -OCH3 is 1. The molecule has 0 heterocycles. The maximum Gasteiger partial charge on any atom is 0.250 e. The Morgan fingerprint density at radius 2 is 2.13 bits per heavy atom. The van der Waals surface area contributed by atoms with Crippen LogP contribution in [0.2, 0.25) is 0 Å². The van der Waals surface area contributed by atoms with Gasteiger partial charge in [-0.3, -0.25) is 4.79 Å². The van der Waals surface area contributed by atoms with Gasteiger partial charge < -0.3 is 20.7 Å². The Balaban J connectivity index is 3.84. The van der Waals surface area contributed by atoms with Crippen molar-refractivity contribution in [1.29, 1.82) is 0 Å². The lowest BCUT2D eigenvalue weighted by atomic mass is 10.2. The molecule has 0 aliphatic rings. The molecule has 0 aromatic carbocycles. The number of carbonyl (C=O) groups is 1. The summed E-state index contributed by atoms with van der Waals surface area (Å²) >= 11 is 0. The minimum atomic E-state index is -0.535. The maximum absolute atomic E-state index is 11.5. The molecule has 0 rings (SSSR count). The summed E-state index contributed by atoms with van der Waals surface area (Å²) < 4.78 is 4.94. The van der Waals surface area contributed by atoms with Gasteiger partial charge in [-0.15, -0.1) is 0 Å². The molecule has 2 atom stereocenters. The van der Waals surface area contributed by atoms with Gasteiger partial charge in [0, 0.05) is 19.7 Å². The van der Waals surface area contributed by atoms with Gasteiger partial charge in [0.05, 0.1) is 0 Å². The topological polar surface area (TPSA) is 67.6 Å². The lowest BCUT2D eigenvalue weighted by Crippen LogP contribution is -2.44. The molecule has 0 saturated carbocycles. The Bertz CT molecular complexity index is 182. The van der Waals surface area contributed by atoms with E-state index in [2.05, 4.69) is 10.2 Å². The van der Waals surface area contributed by atoms with Crippen molar-refractivity contribution >= 4 is 5.91 Å². The predicted octanol–water partition coefficient (Wildman–Crippen LogP) is -0.583. The summed E-state index contributed by atoms with van der Waals surface area (Å²) in [6, 6.07) is 0.143. The zero-order valence-electron chi connectivity index (χ0n) is 10.1. The van der Waals surface area contributed by atoms with Gasteiger partial charge in [-0.2, -0.15) is 0 Å². The fourth-order valence-electron chi connectivity index (χ4n) is 1.17. The summed E-state index contributed by atoms with van der Waals surface area (Å²) in [6.07, 6.45) is 0.381. The first-order valence-corrected chi connectivity index (χ1v) is 5.19. The highest BCUT2D eigenvalue weighted by molar-refractivity contribution is 5.81. The highest BCUT2D eigenvalue weighted by atomic mass is 16.5. The second-order valence-electron chi connectivity index (χ2n) is 3.96. The van der Waals surface area contributed by atoms with Gasteiger partial charge in [-0.1, -0.05) is 0 Å². The monoisotopic (exact) mass is 217 g/mol. The molecule has 2 unspecified atom stereocenters. The Kier molecular flexibility index (Phi) is 7.29. The van der Waals surface area contributed by atoms with Gasteiger partial charge in [-0.05, 0) is 34.0 Å². The molecule has 90 valence electrons. The average molecular weight is 217 g/mol. The number of nitrogens with two attached hydrogens (primary N) is 1. The van der Waals surface area contributed by atoms with E-state index in [1.807, 2.05) is 21.0 Å². The van der Waals surface area contributed by atoms with Gasteiger partial charge in [0.25, 0.3) is 5.91 Å². The molecule has 0 radical (unpaired) electrons. The molecule has 5 heteroatoms. The van der Waals surface area contributed by atoms with Crippen LogP contribution in [-0.2, 0) is 9.53 Å². The Morgan fingerprint density at radius 1 is 1.53 bits per heavy atom. The van der Waals surface area contributed by atoms with Crippen LogP contribution in [0.5, 0.6) is 0 Å². The number of carbonyl (C=O) groups excluding carboxylic acids is 1. The lowest BCUT2D eigenvalue weighted by Gasteiger charge is -2.19. The van der Waals surface area contributed by atoms with E-state index in [9.17, 15) is 4.79 Å². The largest absolute Gasteiger partial charge is 0.370 e. The summed E-state index contributed by atoms with van der Waals surface area (Å²) in [4.78, 5) is 13.6. The van der Waals surface area contributed by atoms with Crippen molar-refractivity contribution in [3.05, 3.63) is 0 Å². The summed E-state index contributed by atoms with van der Waals surface area (Å²) in [5.74, 6) is -0.133. The van der Waals surface area contributed by atoms with Crippen molar-refractivity contribution in [2.75, 3.05) is 34.3 Å². The van der Waals surface area contributed by atoms with Crippen molar-refractivity contribution < 1.29 is 9.53 Å². The van der Waals surface area contributed by atoms with Crippen LogP contribution in [0.15, 0.2) is 0 Å². The minimum Gasteiger partial charge on any atom is -0.370 e. The van der Waals surface area contributed by atoms with Gasteiger partial charge >= 0.3 is 0 Å². The Labute approximate surface area is 91.9 Å². The van der Waals surface area contributed by atoms with Crippen LogP contribution in [0, 0.1) is 0 Å². The second kappa shape index (κ2) is 7.62. The third kappa shape index (κ3) is 6.43. The van der Waals surface area contributed by atoms with E-state index in [0.717, 1.165) is 13.0 Å². The standard InChI is InChI=1S/C10H23N3O2/c1-8(5-6-13(2)3)12-10(14)9(7-11)15-4/h8-9H,5-7,11H2,1-4H3,(H,12,14). The summed E-state index contributed by atoms with van der Waals surface area (Å²) in [7, 11) is 5.50. The first-order chi connectivity index (χ1) is 7.01. The van der Waals surface area contributed by atoms with E-state index in [4.69, 9.17) is 10.5 Å². The van der Waals surface area contributed by atoms with E-state index in [0.29, 0.717) is 0 Å². The first kappa shape index (κ1) is 14.3. The van der Waals surface area contributed by atoms with E-state index in [-0.39, 0.29) is 18.5 Å². The Morgan fingerprint density at radius 3 is 2.53 bits per heavy atom. The Hall–Kier alpha value is -0.650. The number of rotatable bonds is 7. The molecule has 0 bridgehead atoms. The molecule has 0 saturated heterocycles. The number of nitrogens with one attached hydrogen (secondary N) is 1. The fourth-order valence-corrected chi connectivity index (χ4v) is 1.17. The van der Waals surface area contributed by atoms with E-state index in [1.54, 1.807) is 0 Å². The molecule has 0 spiro atoms. The summed E-state index contributed by atoms with van der Waals surface area (Å²) in [5.41, 5.74) is 5.39. The summed E-state index contributed by atoms with van der Waals surface area (Å²) in [5, 5.41) is 2.87. The average Bonchev–Trinajstić information content (AvgIpc) is 2.16. The second-order valence-corrected chi connectivity index (χ2v) is 3.96. The van der Waals surface area contributed by atoms with Crippen molar-refractivity contribution in [2.45, 2.75) is 25.5 Å². The van der Waals surface area contributed by atoms with E-state index in [1.165, 1.54) is 7.11 Å². The zero-order valence-corrected chi connectivity index (χ0v) is 10.1. The smallest absolute Gasteiger partial charge is 0.250 e. The molecule has 0 aliphatic carbocycles. The molecule has 0 fully saturated rings. The van der Waals surface area contributed by atoms with Gasteiger partial charge in [-0.25, -0.2) is 0 Å². The van der Waals surface area contributed by atoms with Crippen LogP contribution >= 0.6 is 0 Å². The molecule has 0 aliphatic heterocycles. The normalized spacial score (nSPS) is 15.1. The predicted molar refractivity (Wildman–Crippen MR) is 60.6 cm³/mol. The molecule has 0 aromatic rings. The van der Waals surface area contributed by atoms with Crippen LogP contribution in [0.1, 0.15) is 13.3 Å². The molecular weight excluding hydrogens is 194 g/mol. The molecule has 0 aromatic heterocycles. The van der Waals surface area contributed by atoms with Crippen LogP contribution < -0.4 is 11.1 Å². The molecule has 5 nitrogen and oxygen atoms in total. The van der Waals surface area contributed by atoms with Crippen LogP contribution in [0.4, 0.5) is 0 Å². The fraction of sp³-hybridized carbons (Fsp3) is 0.900. The van der Waals surface area contributed by atoms with Gasteiger partial charge in [0.15, 0.2) is 0 Å². The highest BCUT2D eigenvalue weighted by Crippen LogP contribution is 1.95. The number of amides is 1. The van der Waals surface area contributed by atoms with Crippen molar-refractivity contribution in [3.63, 3.8) is 0 Å². The van der Waals surface area contributed by atoms with Crippen molar-refractivity contribution in [3.8, 4) is 0 Å². The van der Waals surface area contributed by atoms with E-state index >= 15 is 0 Å². The maximum atomic E-state index is 11.5. The summed E-state index contributed by atoms with van der Waals surface area (Å²) in [6.45, 7) is 3.13. The van der Waals surface area contributed by atoms with Crippen LogP contribution in [0.25, 0.3) is 0 Å². The third-order valence-electron chi connectivity index (χ3n) is 2.19. The van der Waals surface area contributed by atoms with Crippen molar-refractivity contribution in [2.24, 2.45) is 5.73 Å².